The molecule has 0 radical (unpaired) electrons. The summed E-state index contributed by atoms with van der Waals surface area (Å²) >= 11 is 0. The summed E-state index contributed by atoms with van der Waals surface area (Å²) in [6.07, 6.45) is 4.66. The summed E-state index contributed by atoms with van der Waals surface area (Å²) in [6, 6.07) is 4.39. The Morgan fingerprint density at radius 2 is 1.94 bits per heavy atom. The summed E-state index contributed by atoms with van der Waals surface area (Å²) in [4.78, 5) is 6.99. The van der Waals surface area contributed by atoms with Crippen LogP contribution in [0.25, 0.3) is 0 Å². The molecule has 0 unspecified atom stereocenters. The van der Waals surface area contributed by atoms with Crippen LogP contribution in [-0.4, -0.2) is 18.1 Å². The highest BCUT2D eigenvalue weighted by molar-refractivity contribution is 5.45. The van der Waals surface area contributed by atoms with Crippen molar-refractivity contribution in [2.45, 2.75) is 39.5 Å². The normalized spacial score (nSPS) is 18.1. The summed E-state index contributed by atoms with van der Waals surface area (Å²) in [7, 11) is 0. The molecule has 0 N–H and O–H groups in total. The Morgan fingerprint density at radius 3 is 2.44 bits per heavy atom. The third-order valence-corrected chi connectivity index (χ3v) is 3.51. The highest BCUT2D eigenvalue weighted by atomic mass is 15.1. The minimum atomic E-state index is 0.524. The number of rotatable bonds is 2. The third-order valence-electron chi connectivity index (χ3n) is 3.51. The zero-order valence-corrected chi connectivity index (χ0v) is 10.6. The Bertz CT molecular complexity index is 321. The van der Waals surface area contributed by atoms with Gasteiger partial charge in [0.25, 0.3) is 0 Å². The first kappa shape index (κ1) is 11.4. The predicted octanol–water partition coefficient (Wildman–Crippen LogP) is 3.44. The lowest BCUT2D eigenvalue weighted by molar-refractivity contribution is 0.438. The van der Waals surface area contributed by atoms with Gasteiger partial charge in [-0.25, -0.2) is 0 Å². The van der Waals surface area contributed by atoms with Crippen molar-refractivity contribution in [2.24, 2.45) is 5.92 Å². The maximum absolute atomic E-state index is 4.53. The first-order chi connectivity index (χ1) is 7.66. The Kier molecular flexibility index (Phi) is 3.47. The lowest BCUT2D eigenvalue weighted by Gasteiger charge is -2.32. The summed E-state index contributed by atoms with van der Waals surface area (Å²) < 4.78 is 0. The van der Waals surface area contributed by atoms with Gasteiger partial charge in [-0.3, -0.25) is 4.98 Å². The quantitative estimate of drug-likeness (QED) is 0.756. The second-order valence-electron chi connectivity index (χ2n) is 5.27. The maximum Gasteiger partial charge on any atom is 0.0552 e. The summed E-state index contributed by atoms with van der Waals surface area (Å²) in [5, 5.41) is 0. The Labute approximate surface area is 98.7 Å². The van der Waals surface area contributed by atoms with E-state index < -0.39 is 0 Å². The lowest BCUT2D eigenvalue weighted by atomic mass is 9.99. The van der Waals surface area contributed by atoms with Crippen molar-refractivity contribution in [3.8, 4) is 0 Å². The standard InChI is InChI=1S/C14H22N2/c1-11(2)14-5-4-13(10-15-14)16-8-6-12(3)7-9-16/h4-5,10-12H,6-9H2,1-3H3. The molecule has 1 aromatic rings. The zero-order chi connectivity index (χ0) is 11.5. The fraction of sp³-hybridized carbons (Fsp3) is 0.643. The number of hydrogen-bond acceptors (Lipinski definition) is 2. The number of hydrogen-bond donors (Lipinski definition) is 0. The van der Waals surface area contributed by atoms with Crippen LogP contribution in [0.1, 0.15) is 45.2 Å². The van der Waals surface area contributed by atoms with Crippen molar-refractivity contribution in [1.82, 2.24) is 4.98 Å². The van der Waals surface area contributed by atoms with Gasteiger partial charge in [0, 0.05) is 18.8 Å². The van der Waals surface area contributed by atoms with E-state index in [1.165, 1.54) is 37.3 Å². The van der Waals surface area contributed by atoms with E-state index in [2.05, 4.69) is 42.8 Å². The van der Waals surface area contributed by atoms with Crippen LogP contribution in [0.5, 0.6) is 0 Å². The largest absolute Gasteiger partial charge is 0.370 e. The van der Waals surface area contributed by atoms with Crippen molar-refractivity contribution in [2.75, 3.05) is 18.0 Å². The zero-order valence-electron chi connectivity index (χ0n) is 10.6. The van der Waals surface area contributed by atoms with Crippen LogP contribution < -0.4 is 4.90 Å². The van der Waals surface area contributed by atoms with Crippen LogP contribution in [0.4, 0.5) is 5.69 Å². The van der Waals surface area contributed by atoms with Crippen LogP contribution in [0, 0.1) is 5.92 Å². The first-order valence-corrected chi connectivity index (χ1v) is 6.37. The Balaban J connectivity index is 2.04. The van der Waals surface area contributed by atoms with Gasteiger partial charge in [0.1, 0.15) is 0 Å². The van der Waals surface area contributed by atoms with Gasteiger partial charge in [-0.1, -0.05) is 20.8 Å². The highest BCUT2D eigenvalue weighted by Crippen LogP contribution is 2.23. The van der Waals surface area contributed by atoms with Gasteiger partial charge in [-0.15, -0.1) is 0 Å². The van der Waals surface area contributed by atoms with Crippen LogP contribution in [-0.2, 0) is 0 Å². The average Bonchev–Trinajstić information content (AvgIpc) is 2.30. The van der Waals surface area contributed by atoms with E-state index in [0.717, 1.165) is 5.92 Å². The SMILES string of the molecule is CC1CCN(c2ccc(C(C)C)nc2)CC1. The van der Waals surface area contributed by atoms with E-state index in [1.54, 1.807) is 0 Å². The second-order valence-corrected chi connectivity index (χ2v) is 5.27. The fourth-order valence-corrected chi connectivity index (χ4v) is 2.19. The van der Waals surface area contributed by atoms with Gasteiger partial charge in [-0.05, 0) is 36.8 Å². The molecule has 0 spiro atoms. The van der Waals surface area contributed by atoms with Crippen molar-refractivity contribution in [1.29, 1.82) is 0 Å². The van der Waals surface area contributed by atoms with Gasteiger partial charge in [0.15, 0.2) is 0 Å². The van der Waals surface area contributed by atoms with E-state index >= 15 is 0 Å². The molecule has 0 saturated carbocycles. The van der Waals surface area contributed by atoms with Gasteiger partial charge < -0.3 is 4.90 Å². The molecule has 0 atom stereocenters. The topological polar surface area (TPSA) is 16.1 Å². The molecule has 1 saturated heterocycles. The van der Waals surface area contributed by atoms with E-state index in [1.807, 2.05) is 6.20 Å². The number of nitrogens with zero attached hydrogens (tertiary/aromatic N) is 2. The number of piperidine rings is 1. The van der Waals surface area contributed by atoms with E-state index in [-0.39, 0.29) is 0 Å². The predicted molar refractivity (Wildman–Crippen MR) is 68.9 cm³/mol. The van der Waals surface area contributed by atoms with Gasteiger partial charge in [0.05, 0.1) is 11.9 Å². The molecule has 1 aliphatic heterocycles. The minimum absolute atomic E-state index is 0.524. The van der Waals surface area contributed by atoms with Gasteiger partial charge in [-0.2, -0.15) is 0 Å². The molecule has 1 fully saturated rings. The van der Waals surface area contributed by atoms with Gasteiger partial charge >= 0.3 is 0 Å². The first-order valence-electron chi connectivity index (χ1n) is 6.37. The second kappa shape index (κ2) is 4.86. The van der Waals surface area contributed by atoms with Crippen LogP contribution in [0.15, 0.2) is 18.3 Å². The average molecular weight is 218 g/mol. The van der Waals surface area contributed by atoms with Crippen LogP contribution in [0.3, 0.4) is 0 Å². The molecule has 16 heavy (non-hydrogen) atoms. The third kappa shape index (κ3) is 2.55. The molecule has 0 bridgehead atoms. The molecule has 2 heterocycles. The molecule has 1 aliphatic rings. The molecule has 1 aromatic heterocycles. The van der Waals surface area contributed by atoms with Crippen molar-refractivity contribution in [3.05, 3.63) is 24.0 Å². The van der Waals surface area contributed by atoms with E-state index in [9.17, 15) is 0 Å². The Morgan fingerprint density at radius 1 is 1.25 bits per heavy atom. The summed E-state index contributed by atoms with van der Waals surface area (Å²) in [5.41, 5.74) is 2.48. The summed E-state index contributed by atoms with van der Waals surface area (Å²) in [6.45, 7) is 9.08. The van der Waals surface area contributed by atoms with Crippen molar-refractivity contribution in [3.63, 3.8) is 0 Å². The molecular formula is C14H22N2. The number of pyridine rings is 1. The van der Waals surface area contributed by atoms with E-state index in [4.69, 9.17) is 0 Å². The van der Waals surface area contributed by atoms with E-state index in [0.29, 0.717) is 5.92 Å². The molecule has 2 heteroatoms. The molecule has 2 rings (SSSR count). The molecular weight excluding hydrogens is 196 g/mol. The maximum atomic E-state index is 4.53. The smallest absolute Gasteiger partial charge is 0.0552 e. The summed E-state index contributed by atoms with van der Waals surface area (Å²) in [5.74, 6) is 1.41. The Hall–Kier alpha value is -1.05. The number of aromatic nitrogens is 1. The van der Waals surface area contributed by atoms with Crippen molar-refractivity contribution >= 4 is 5.69 Å². The van der Waals surface area contributed by atoms with Gasteiger partial charge in [0.2, 0.25) is 0 Å². The highest BCUT2D eigenvalue weighted by Gasteiger charge is 2.16. The van der Waals surface area contributed by atoms with Crippen LogP contribution >= 0.6 is 0 Å². The fourth-order valence-electron chi connectivity index (χ4n) is 2.19. The lowest BCUT2D eigenvalue weighted by Crippen LogP contribution is -2.32. The molecule has 88 valence electrons. The molecule has 2 nitrogen and oxygen atoms in total. The monoisotopic (exact) mass is 218 g/mol. The minimum Gasteiger partial charge on any atom is -0.370 e. The molecule has 0 aliphatic carbocycles. The van der Waals surface area contributed by atoms with Crippen LogP contribution in [0.2, 0.25) is 0 Å². The molecule has 0 aromatic carbocycles. The molecule has 0 amide bonds. The van der Waals surface area contributed by atoms with Crippen molar-refractivity contribution < 1.29 is 0 Å². The number of anilines is 1.